The summed E-state index contributed by atoms with van der Waals surface area (Å²) in [4.78, 5) is 13.7. The molecule has 0 heterocycles. The van der Waals surface area contributed by atoms with E-state index >= 15 is 0 Å². The van der Waals surface area contributed by atoms with E-state index in [2.05, 4.69) is 0 Å². The van der Waals surface area contributed by atoms with Crippen LogP contribution in [0.3, 0.4) is 0 Å². The molecule has 0 aromatic heterocycles. The molecule has 0 fully saturated rings. The summed E-state index contributed by atoms with van der Waals surface area (Å²) in [5.41, 5.74) is 8.23. The first kappa shape index (κ1) is 15.3. The zero-order valence-electron chi connectivity index (χ0n) is 12.5. The number of carbonyl (C=O) groups excluding carboxylic acids is 1. The first-order chi connectivity index (χ1) is 8.69. The minimum absolute atomic E-state index is 0.181. The summed E-state index contributed by atoms with van der Waals surface area (Å²) < 4.78 is 5.31. The van der Waals surface area contributed by atoms with E-state index in [1.54, 1.807) is 0 Å². The third-order valence-corrected chi connectivity index (χ3v) is 2.60. The van der Waals surface area contributed by atoms with Crippen molar-refractivity contribution in [3.8, 4) is 0 Å². The molecular weight excluding hydrogens is 240 g/mol. The average molecular weight is 264 g/mol. The van der Waals surface area contributed by atoms with Crippen LogP contribution in [0.2, 0.25) is 0 Å². The Morgan fingerprint density at radius 2 is 1.95 bits per heavy atom. The van der Waals surface area contributed by atoms with Crippen LogP contribution in [0.15, 0.2) is 18.2 Å². The first-order valence-electron chi connectivity index (χ1n) is 6.46. The van der Waals surface area contributed by atoms with Gasteiger partial charge in [-0.2, -0.15) is 0 Å². The lowest BCUT2D eigenvalue weighted by atomic mass is 10.1. The summed E-state index contributed by atoms with van der Waals surface area (Å²) >= 11 is 0. The van der Waals surface area contributed by atoms with Crippen molar-refractivity contribution >= 4 is 17.3 Å². The fourth-order valence-corrected chi connectivity index (χ4v) is 1.87. The fourth-order valence-electron chi connectivity index (χ4n) is 1.87. The number of nitrogens with two attached hydrogens (primary N) is 1. The maximum atomic E-state index is 11.7. The number of aryl methyl sites for hydroxylation is 1. The highest BCUT2D eigenvalue weighted by Crippen LogP contribution is 2.23. The predicted molar refractivity (Wildman–Crippen MR) is 79.3 cm³/mol. The molecule has 0 amide bonds. The van der Waals surface area contributed by atoms with Crippen LogP contribution in [-0.4, -0.2) is 25.7 Å². The van der Waals surface area contributed by atoms with Crippen LogP contribution in [0.25, 0.3) is 0 Å². The molecule has 4 heteroatoms. The number of hydrogen-bond acceptors (Lipinski definition) is 4. The molecule has 106 valence electrons. The largest absolute Gasteiger partial charge is 0.460 e. The molecule has 0 spiro atoms. The van der Waals surface area contributed by atoms with Gasteiger partial charge < -0.3 is 15.4 Å². The van der Waals surface area contributed by atoms with Gasteiger partial charge >= 0.3 is 5.97 Å². The molecule has 0 aliphatic heterocycles. The topological polar surface area (TPSA) is 55.6 Å². The van der Waals surface area contributed by atoms with Gasteiger partial charge in [0.25, 0.3) is 0 Å². The Morgan fingerprint density at radius 1 is 1.32 bits per heavy atom. The third kappa shape index (κ3) is 5.20. The van der Waals surface area contributed by atoms with Crippen LogP contribution in [0.4, 0.5) is 11.4 Å². The van der Waals surface area contributed by atoms with E-state index in [1.807, 2.05) is 58.0 Å². The Bertz CT molecular complexity index is 448. The molecule has 1 aromatic rings. The molecule has 0 radical (unpaired) electrons. The molecule has 1 aromatic carbocycles. The van der Waals surface area contributed by atoms with Crippen molar-refractivity contribution in [3.63, 3.8) is 0 Å². The van der Waals surface area contributed by atoms with Crippen molar-refractivity contribution in [2.75, 3.05) is 24.7 Å². The molecule has 2 N–H and O–H groups in total. The van der Waals surface area contributed by atoms with E-state index in [1.165, 1.54) is 0 Å². The maximum absolute atomic E-state index is 11.7. The van der Waals surface area contributed by atoms with Gasteiger partial charge in [0.2, 0.25) is 0 Å². The summed E-state index contributed by atoms with van der Waals surface area (Å²) in [6.45, 7) is 5.62. The van der Waals surface area contributed by atoms with Crippen LogP contribution in [0.1, 0.15) is 32.8 Å². The molecule has 0 aliphatic carbocycles. The van der Waals surface area contributed by atoms with E-state index in [4.69, 9.17) is 10.5 Å². The molecule has 1 rings (SSSR count). The molecule has 0 bridgehead atoms. The molecular formula is C15H24N2O2. The number of hydrogen-bond donors (Lipinski definition) is 1. The van der Waals surface area contributed by atoms with E-state index in [-0.39, 0.29) is 5.97 Å². The number of benzene rings is 1. The Morgan fingerprint density at radius 3 is 2.47 bits per heavy atom. The van der Waals surface area contributed by atoms with Crippen molar-refractivity contribution in [3.05, 3.63) is 23.8 Å². The smallest absolute Gasteiger partial charge is 0.306 e. The predicted octanol–water partition coefficient (Wildman–Crippen LogP) is 2.61. The fraction of sp³-hybridized carbons (Fsp3) is 0.533. The standard InChI is InChI=1S/C15H24N2O2/c1-15(2,3)19-14(18)9-6-11-10-12(16)7-8-13(11)17(4)5/h7-8,10H,6,9,16H2,1-5H3. The molecule has 0 unspecified atom stereocenters. The van der Waals surface area contributed by atoms with Gasteiger partial charge in [-0.1, -0.05) is 0 Å². The number of nitrogens with zero attached hydrogens (tertiary/aromatic N) is 1. The quantitative estimate of drug-likeness (QED) is 0.671. The summed E-state index contributed by atoms with van der Waals surface area (Å²) in [5, 5.41) is 0. The van der Waals surface area contributed by atoms with E-state index in [9.17, 15) is 4.79 Å². The highest BCUT2D eigenvalue weighted by molar-refractivity contribution is 5.71. The second-order valence-electron chi connectivity index (χ2n) is 5.87. The van der Waals surface area contributed by atoms with E-state index in [0.29, 0.717) is 18.5 Å². The van der Waals surface area contributed by atoms with Crippen molar-refractivity contribution in [1.29, 1.82) is 0 Å². The van der Waals surface area contributed by atoms with Gasteiger partial charge in [-0.25, -0.2) is 0 Å². The first-order valence-corrected chi connectivity index (χ1v) is 6.46. The van der Waals surface area contributed by atoms with Gasteiger partial charge in [-0.3, -0.25) is 4.79 Å². The molecule has 0 saturated carbocycles. The number of ether oxygens (including phenoxy) is 1. The summed E-state index contributed by atoms with van der Waals surface area (Å²) in [5.74, 6) is -0.181. The van der Waals surface area contributed by atoms with Gasteiger partial charge in [0.1, 0.15) is 5.60 Å². The average Bonchev–Trinajstić information content (AvgIpc) is 2.23. The Balaban J connectivity index is 2.72. The monoisotopic (exact) mass is 264 g/mol. The molecule has 0 aliphatic rings. The Labute approximate surface area is 115 Å². The number of rotatable bonds is 4. The summed E-state index contributed by atoms with van der Waals surface area (Å²) in [7, 11) is 3.95. The third-order valence-electron chi connectivity index (χ3n) is 2.60. The van der Waals surface area contributed by atoms with Gasteiger partial charge in [0.05, 0.1) is 0 Å². The van der Waals surface area contributed by atoms with Crippen molar-refractivity contribution < 1.29 is 9.53 Å². The Hall–Kier alpha value is -1.71. The minimum Gasteiger partial charge on any atom is -0.460 e. The number of anilines is 2. The normalized spacial score (nSPS) is 11.2. The zero-order valence-corrected chi connectivity index (χ0v) is 12.5. The van der Waals surface area contributed by atoms with Crippen LogP contribution in [0, 0.1) is 0 Å². The summed E-state index contributed by atoms with van der Waals surface area (Å²) in [6, 6.07) is 5.76. The highest BCUT2D eigenvalue weighted by Gasteiger charge is 2.16. The second kappa shape index (κ2) is 5.95. The zero-order chi connectivity index (χ0) is 14.6. The van der Waals surface area contributed by atoms with Gasteiger partial charge in [0, 0.05) is 31.9 Å². The lowest BCUT2D eigenvalue weighted by Crippen LogP contribution is -2.24. The van der Waals surface area contributed by atoms with Gasteiger partial charge in [-0.15, -0.1) is 0 Å². The van der Waals surface area contributed by atoms with Crippen LogP contribution >= 0.6 is 0 Å². The van der Waals surface area contributed by atoms with Crippen LogP contribution in [0.5, 0.6) is 0 Å². The van der Waals surface area contributed by atoms with Gasteiger partial charge in [0.15, 0.2) is 0 Å². The van der Waals surface area contributed by atoms with Crippen molar-refractivity contribution in [2.45, 2.75) is 39.2 Å². The van der Waals surface area contributed by atoms with Crippen LogP contribution in [-0.2, 0) is 16.0 Å². The van der Waals surface area contributed by atoms with E-state index in [0.717, 1.165) is 11.3 Å². The molecule has 4 nitrogen and oxygen atoms in total. The van der Waals surface area contributed by atoms with Crippen molar-refractivity contribution in [2.24, 2.45) is 0 Å². The Kier molecular flexibility index (Phi) is 4.81. The molecule has 0 saturated heterocycles. The summed E-state index contributed by atoms with van der Waals surface area (Å²) in [6.07, 6.45) is 0.995. The molecule has 19 heavy (non-hydrogen) atoms. The maximum Gasteiger partial charge on any atom is 0.306 e. The number of nitrogen functional groups attached to an aromatic ring is 1. The van der Waals surface area contributed by atoms with E-state index < -0.39 is 5.60 Å². The van der Waals surface area contributed by atoms with Crippen molar-refractivity contribution in [1.82, 2.24) is 0 Å². The molecule has 0 atom stereocenters. The minimum atomic E-state index is -0.433. The van der Waals surface area contributed by atoms with Gasteiger partial charge in [-0.05, 0) is 51.0 Å². The highest BCUT2D eigenvalue weighted by atomic mass is 16.6. The second-order valence-corrected chi connectivity index (χ2v) is 5.87. The lowest BCUT2D eigenvalue weighted by Gasteiger charge is -2.21. The SMILES string of the molecule is CN(C)c1ccc(N)cc1CCC(=O)OC(C)(C)C. The lowest BCUT2D eigenvalue weighted by molar-refractivity contribution is -0.154. The number of esters is 1. The van der Waals surface area contributed by atoms with Crippen LogP contribution < -0.4 is 10.6 Å². The number of carbonyl (C=O) groups is 1.